The van der Waals surface area contributed by atoms with Crippen LogP contribution in [0.25, 0.3) is 0 Å². The van der Waals surface area contributed by atoms with Crippen molar-refractivity contribution in [3.05, 3.63) is 33.3 Å². The number of hydrogen-bond donors (Lipinski definition) is 1. The van der Waals surface area contributed by atoms with E-state index in [2.05, 4.69) is 5.32 Å². The summed E-state index contributed by atoms with van der Waals surface area (Å²) in [7, 11) is 0. The molecular formula is C11H12ClN3O3. The fraction of sp³-hybridized carbons (Fsp3) is 0.364. The maximum absolute atomic E-state index is 10.8. The van der Waals surface area contributed by atoms with Gasteiger partial charge in [0.05, 0.1) is 16.0 Å². The lowest BCUT2D eigenvalue weighted by Gasteiger charge is -2.12. The quantitative estimate of drug-likeness (QED) is 0.631. The average Bonchev–Trinajstić information content (AvgIpc) is 2.35. The molecular weight excluding hydrogens is 258 g/mol. The Kier molecular flexibility index (Phi) is 5.36. The van der Waals surface area contributed by atoms with E-state index in [9.17, 15) is 10.1 Å². The van der Waals surface area contributed by atoms with Crippen molar-refractivity contribution in [2.24, 2.45) is 0 Å². The number of para-hydroxylation sites is 1. The Morgan fingerprint density at radius 3 is 2.94 bits per heavy atom. The fourth-order valence-corrected chi connectivity index (χ4v) is 1.56. The van der Waals surface area contributed by atoms with Gasteiger partial charge < -0.3 is 4.74 Å². The van der Waals surface area contributed by atoms with Crippen LogP contribution in [0, 0.1) is 21.4 Å². The van der Waals surface area contributed by atoms with E-state index in [0.29, 0.717) is 6.54 Å². The zero-order chi connectivity index (χ0) is 13.5. The molecule has 0 aliphatic heterocycles. The van der Waals surface area contributed by atoms with Crippen molar-refractivity contribution in [2.75, 3.05) is 13.2 Å². The minimum absolute atomic E-state index is 0.00505. The lowest BCUT2D eigenvalue weighted by Crippen LogP contribution is -2.33. The minimum Gasteiger partial charge on any atom is -0.483 e. The third-order valence-corrected chi connectivity index (χ3v) is 2.44. The summed E-state index contributed by atoms with van der Waals surface area (Å²) in [6, 6.07) is 5.73. The van der Waals surface area contributed by atoms with Crippen molar-refractivity contribution in [3.63, 3.8) is 0 Å². The van der Waals surface area contributed by atoms with Crippen LogP contribution in [0.2, 0.25) is 5.02 Å². The van der Waals surface area contributed by atoms with Gasteiger partial charge in [0.25, 0.3) is 0 Å². The van der Waals surface area contributed by atoms with E-state index in [1.165, 1.54) is 18.2 Å². The van der Waals surface area contributed by atoms with Gasteiger partial charge in [-0.15, -0.1) is 0 Å². The number of likely N-dealkylation sites (N-methyl/N-ethyl adjacent to an activating group) is 1. The van der Waals surface area contributed by atoms with Crippen molar-refractivity contribution in [1.82, 2.24) is 5.32 Å². The van der Waals surface area contributed by atoms with Crippen LogP contribution < -0.4 is 10.1 Å². The number of nitrogens with zero attached hydrogens (tertiary/aromatic N) is 2. The third-order valence-electron chi connectivity index (χ3n) is 2.14. The van der Waals surface area contributed by atoms with Gasteiger partial charge in [-0.1, -0.05) is 24.6 Å². The summed E-state index contributed by atoms with van der Waals surface area (Å²) in [5, 5.41) is 22.6. The highest BCUT2D eigenvalue weighted by atomic mass is 35.5. The summed E-state index contributed by atoms with van der Waals surface area (Å²) in [5.41, 5.74) is -0.212. The Morgan fingerprint density at radius 1 is 1.67 bits per heavy atom. The Balaban J connectivity index is 2.84. The average molecular weight is 270 g/mol. The summed E-state index contributed by atoms with van der Waals surface area (Å²) < 4.78 is 5.28. The van der Waals surface area contributed by atoms with E-state index in [1.54, 1.807) is 0 Å². The van der Waals surface area contributed by atoms with Crippen LogP contribution in [0.3, 0.4) is 0 Å². The zero-order valence-electron chi connectivity index (χ0n) is 9.72. The van der Waals surface area contributed by atoms with Gasteiger partial charge in [-0.25, -0.2) is 0 Å². The number of halogens is 1. The Morgan fingerprint density at radius 2 is 2.39 bits per heavy atom. The maximum Gasteiger partial charge on any atom is 0.312 e. The molecule has 96 valence electrons. The summed E-state index contributed by atoms with van der Waals surface area (Å²) in [5.74, 6) is -0.0117. The van der Waals surface area contributed by atoms with Crippen LogP contribution >= 0.6 is 11.6 Å². The molecule has 6 nitrogen and oxygen atoms in total. The van der Waals surface area contributed by atoms with Gasteiger partial charge in [0.2, 0.25) is 5.75 Å². The molecule has 1 unspecified atom stereocenters. The minimum atomic E-state index is -0.574. The predicted molar refractivity (Wildman–Crippen MR) is 66.7 cm³/mol. The molecule has 0 spiro atoms. The van der Waals surface area contributed by atoms with Crippen LogP contribution in [-0.2, 0) is 0 Å². The van der Waals surface area contributed by atoms with Crippen molar-refractivity contribution in [3.8, 4) is 11.8 Å². The smallest absolute Gasteiger partial charge is 0.312 e. The standard InChI is InChI=1S/C11H12ClN3O3/c1-2-14-8(6-13)7-18-11-9(12)4-3-5-10(11)15(16)17/h3-5,8,14H,2,7H2,1H3. The molecule has 7 heteroatoms. The molecule has 0 bridgehead atoms. The van der Waals surface area contributed by atoms with E-state index in [4.69, 9.17) is 21.6 Å². The number of nitrogens with one attached hydrogen (secondary N) is 1. The second-order valence-corrected chi connectivity index (χ2v) is 3.80. The van der Waals surface area contributed by atoms with E-state index in [1.807, 2.05) is 13.0 Å². The van der Waals surface area contributed by atoms with Gasteiger partial charge in [-0.2, -0.15) is 5.26 Å². The van der Waals surface area contributed by atoms with E-state index in [-0.39, 0.29) is 23.1 Å². The Hall–Kier alpha value is -1.84. The fourth-order valence-electron chi connectivity index (χ4n) is 1.34. The first-order chi connectivity index (χ1) is 8.60. The number of nitro benzene ring substituents is 1. The van der Waals surface area contributed by atoms with Crippen molar-refractivity contribution in [2.45, 2.75) is 13.0 Å². The van der Waals surface area contributed by atoms with Crippen LogP contribution in [-0.4, -0.2) is 24.1 Å². The number of benzene rings is 1. The van der Waals surface area contributed by atoms with Gasteiger partial charge >= 0.3 is 5.69 Å². The predicted octanol–water partition coefficient (Wildman–Crippen LogP) is 2.13. The first-order valence-electron chi connectivity index (χ1n) is 5.28. The number of nitro groups is 1. The molecule has 1 aromatic rings. The number of rotatable bonds is 6. The highest BCUT2D eigenvalue weighted by molar-refractivity contribution is 6.32. The van der Waals surface area contributed by atoms with Crippen molar-refractivity contribution < 1.29 is 9.66 Å². The molecule has 0 aliphatic carbocycles. The Labute approximate surface area is 109 Å². The molecule has 0 saturated carbocycles. The van der Waals surface area contributed by atoms with Crippen molar-refractivity contribution in [1.29, 1.82) is 5.26 Å². The summed E-state index contributed by atoms with van der Waals surface area (Å²) in [6.07, 6.45) is 0. The lowest BCUT2D eigenvalue weighted by molar-refractivity contribution is -0.385. The van der Waals surface area contributed by atoms with Crippen LogP contribution in [0.4, 0.5) is 5.69 Å². The van der Waals surface area contributed by atoms with Gasteiger partial charge in [-0.3, -0.25) is 15.4 Å². The number of nitriles is 1. The summed E-state index contributed by atoms with van der Waals surface area (Å²) in [6.45, 7) is 2.45. The van der Waals surface area contributed by atoms with Gasteiger partial charge in [0.15, 0.2) is 0 Å². The van der Waals surface area contributed by atoms with Crippen LogP contribution in [0.1, 0.15) is 6.92 Å². The molecule has 18 heavy (non-hydrogen) atoms. The molecule has 1 aromatic carbocycles. The summed E-state index contributed by atoms with van der Waals surface area (Å²) >= 11 is 5.84. The first kappa shape index (κ1) is 14.2. The molecule has 0 saturated heterocycles. The lowest BCUT2D eigenvalue weighted by atomic mass is 10.3. The van der Waals surface area contributed by atoms with Crippen LogP contribution in [0.5, 0.6) is 5.75 Å². The Bertz CT molecular complexity index is 473. The topological polar surface area (TPSA) is 88.2 Å². The maximum atomic E-state index is 10.8. The molecule has 1 atom stereocenters. The first-order valence-corrected chi connectivity index (χ1v) is 5.66. The highest BCUT2D eigenvalue weighted by Crippen LogP contribution is 2.34. The second-order valence-electron chi connectivity index (χ2n) is 3.40. The van der Waals surface area contributed by atoms with E-state index in [0.717, 1.165) is 0 Å². The monoisotopic (exact) mass is 269 g/mol. The van der Waals surface area contributed by atoms with E-state index >= 15 is 0 Å². The zero-order valence-corrected chi connectivity index (χ0v) is 10.5. The molecule has 1 rings (SSSR count). The molecule has 0 aliphatic rings. The van der Waals surface area contributed by atoms with Crippen molar-refractivity contribution >= 4 is 17.3 Å². The molecule has 1 N–H and O–H groups in total. The molecule has 0 fully saturated rings. The number of ether oxygens (including phenoxy) is 1. The second kappa shape index (κ2) is 6.79. The largest absolute Gasteiger partial charge is 0.483 e. The highest BCUT2D eigenvalue weighted by Gasteiger charge is 2.19. The van der Waals surface area contributed by atoms with Crippen LogP contribution in [0.15, 0.2) is 18.2 Å². The van der Waals surface area contributed by atoms with Gasteiger partial charge in [-0.05, 0) is 12.6 Å². The molecule has 0 aromatic heterocycles. The molecule has 0 radical (unpaired) electrons. The van der Waals surface area contributed by atoms with Gasteiger partial charge in [0.1, 0.15) is 12.6 Å². The number of hydrogen-bond acceptors (Lipinski definition) is 5. The third kappa shape index (κ3) is 3.58. The normalized spacial score (nSPS) is 11.6. The molecule has 0 amide bonds. The van der Waals surface area contributed by atoms with E-state index < -0.39 is 11.0 Å². The summed E-state index contributed by atoms with van der Waals surface area (Å²) in [4.78, 5) is 10.2. The van der Waals surface area contributed by atoms with Gasteiger partial charge in [0, 0.05) is 6.07 Å². The molecule has 0 heterocycles. The SMILES string of the molecule is CCNC(C#N)COc1c(Cl)cccc1[N+](=O)[O-].